The molecule has 1 amide bonds. The highest BCUT2D eigenvalue weighted by Crippen LogP contribution is 2.35. The third-order valence-electron chi connectivity index (χ3n) is 3.39. The van der Waals surface area contributed by atoms with E-state index in [4.69, 9.17) is 0 Å². The van der Waals surface area contributed by atoms with Crippen molar-refractivity contribution in [2.75, 3.05) is 20.1 Å². The lowest BCUT2D eigenvalue weighted by Gasteiger charge is -2.25. The fourth-order valence-electron chi connectivity index (χ4n) is 2.60. The molecule has 0 aromatic heterocycles. The minimum atomic E-state index is -0.243. The van der Waals surface area contributed by atoms with E-state index in [2.05, 4.69) is 12.2 Å². The number of amides is 1. The van der Waals surface area contributed by atoms with Crippen molar-refractivity contribution in [3.63, 3.8) is 0 Å². The first-order chi connectivity index (χ1) is 8.61. The molecule has 0 bridgehead atoms. The average molecular weight is 250 g/mol. The predicted molar refractivity (Wildman–Crippen MR) is 68.6 cm³/mol. The van der Waals surface area contributed by atoms with Gasteiger partial charge < -0.3 is 10.2 Å². The third-order valence-corrected chi connectivity index (χ3v) is 3.39. The fourth-order valence-corrected chi connectivity index (χ4v) is 2.60. The second kappa shape index (κ2) is 5.48. The van der Waals surface area contributed by atoms with E-state index in [1.807, 2.05) is 11.0 Å². The largest absolute Gasteiger partial charge is 0.334 e. The molecule has 0 saturated carbocycles. The van der Waals surface area contributed by atoms with Crippen molar-refractivity contribution in [2.45, 2.75) is 19.4 Å². The zero-order chi connectivity index (χ0) is 13.1. The lowest BCUT2D eigenvalue weighted by Crippen LogP contribution is -2.37. The van der Waals surface area contributed by atoms with Crippen LogP contribution in [-0.2, 0) is 4.79 Å². The quantitative estimate of drug-likeness (QED) is 0.889. The number of likely N-dealkylation sites (tertiary alicyclic amines) is 1. The monoisotopic (exact) mass is 250 g/mol. The Bertz CT molecular complexity index is 436. The number of likely N-dealkylation sites (N-methyl/N-ethyl adjacent to an activating group) is 1. The van der Waals surface area contributed by atoms with Gasteiger partial charge in [-0.25, -0.2) is 4.39 Å². The number of hydrogen-bond acceptors (Lipinski definition) is 2. The summed E-state index contributed by atoms with van der Waals surface area (Å²) >= 11 is 0. The Hall–Kier alpha value is -1.42. The maximum atomic E-state index is 13.3. The molecule has 18 heavy (non-hydrogen) atoms. The number of nitrogens with zero attached hydrogens (tertiary/aromatic N) is 1. The number of carbonyl (C=O) groups excluding carboxylic acids is 1. The molecule has 1 aliphatic rings. The van der Waals surface area contributed by atoms with Crippen LogP contribution in [0.1, 0.15) is 24.9 Å². The van der Waals surface area contributed by atoms with Crippen LogP contribution in [0.15, 0.2) is 24.3 Å². The van der Waals surface area contributed by atoms with Gasteiger partial charge in [-0.1, -0.05) is 19.1 Å². The number of nitrogens with one attached hydrogen (secondary N) is 1. The first-order valence-corrected chi connectivity index (χ1v) is 6.31. The highest BCUT2D eigenvalue weighted by Gasteiger charge is 2.33. The summed E-state index contributed by atoms with van der Waals surface area (Å²) in [5, 5.41) is 2.88. The summed E-state index contributed by atoms with van der Waals surface area (Å²) in [5.74, 6) is 0.295. The molecule has 4 heteroatoms. The topological polar surface area (TPSA) is 32.3 Å². The molecule has 1 aromatic rings. The van der Waals surface area contributed by atoms with E-state index in [9.17, 15) is 9.18 Å². The van der Waals surface area contributed by atoms with Crippen LogP contribution in [0.2, 0.25) is 0 Å². The molecule has 1 aromatic carbocycles. The number of halogens is 1. The number of carbonyl (C=O) groups is 1. The van der Waals surface area contributed by atoms with Crippen LogP contribution in [0.3, 0.4) is 0 Å². The Morgan fingerprint density at radius 1 is 1.56 bits per heavy atom. The number of hydrogen-bond donors (Lipinski definition) is 1. The lowest BCUT2D eigenvalue weighted by molar-refractivity contribution is -0.131. The summed E-state index contributed by atoms with van der Waals surface area (Å²) in [6.45, 7) is 3.21. The molecule has 1 aliphatic heterocycles. The normalized spacial score (nSPS) is 23.4. The zero-order valence-corrected chi connectivity index (χ0v) is 10.8. The van der Waals surface area contributed by atoms with Crippen molar-refractivity contribution in [2.24, 2.45) is 5.92 Å². The van der Waals surface area contributed by atoms with E-state index >= 15 is 0 Å². The standard InChI is InChI=1S/C14H19FN2O/c1-10-6-13(11-4-3-5-12(15)7-11)17(9-10)14(18)8-16-2/h3-5,7,10,13,16H,6,8-9H2,1-2H3/t10-,13+/m1/s1. The Labute approximate surface area is 107 Å². The van der Waals surface area contributed by atoms with Gasteiger partial charge in [0.2, 0.25) is 5.91 Å². The van der Waals surface area contributed by atoms with Crippen LogP contribution < -0.4 is 5.32 Å². The van der Waals surface area contributed by atoms with Crippen molar-refractivity contribution in [3.05, 3.63) is 35.6 Å². The van der Waals surface area contributed by atoms with Gasteiger partial charge in [-0.15, -0.1) is 0 Å². The van der Waals surface area contributed by atoms with E-state index < -0.39 is 0 Å². The predicted octanol–water partition coefficient (Wildman–Crippen LogP) is 1.95. The Kier molecular flexibility index (Phi) is 3.97. The molecule has 1 heterocycles. The molecule has 2 rings (SSSR count). The number of benzene rings is 1. The second-order valence-electron chi connectivity index (χ2n) is 4.99. The van der Waals surface area contributed by atoms with Crippen LogP contribution >= 0.6 is 0 Å². The van der Waals surface area contributed by atoms with Crippen molar-refractivity contribution in [3.8, 4) is 0 Å². The maximum Gasteiger partial charge on any atom is 0.237 e. The van der Waals surface area contributed by atoms with Gasteiger partial charge in [-0.05, 0) is 37.1 Å². The fraction of sp³-hybridized carbons (Fsp3) is 0.500. The molecular formula is C14H19FN2O. The molecular weight excluding hydrogens is 231 g/mol. The van der Waals surface area contributed by atoms with Crippen LogP contribution in [-0.4, -0.2) is 30.9 Å². The van der Waals surface area contributed by atoms with E-state index in [1.165, 1.54) is 12.1 Å². The van der Waals surface area contributed by atoms with Crippen LogP contribution in [0.25, 0.3) is 0 Å². The lowest BCUT2D eigenvalue weighted by atomic mass is 10.0. The molecule has 1 saturated heterocycles. The molecule has 1 N–H and O–H groups in total. The van der Waals surface area contributed by atoms with Gasteiger partial charge in [-0.2, -0.15) is 0 Å². The minimum absolute atomic E-state index is 0.0107. The van der Waals surface area contributed by atoms with Crippen molar-refractivity contribution >= 4 is 5.91 Å². The molecule has 0 radical (unpaired) electrons. The first-order valence-electron chi connectivity index (χ1n) is 6.31. The van der Waals surface area contributed by atoms with Gasteiger partial charge >= 0.3 is 0 Å². The van der Waals surface area contributed by atoms with Crippen molar-refractivity contribution < 1.29 is 9.18 Å². The highest BCUT2D eigenvalue weighted by atomic mass is 19.1. The second-order valence-corrected chi connectivity index (χ2v) is 4.99. The summed E-state index contributed by atoms with van der Waals surface area (Å²) in [6, 6.07) is 6.57. The number of rotatable bonds is 3. The van der Waals surface area contributed by atoms with Crippen LogP contribution in [0.4, 0.5) is 4.39 Å². The molecule has 1 fully saturated rings. The first kappa shape index (κ1) is 13.0. The summed E-state index contributed by atoms with van der Waals surface area (Å²) in [6.07, 6.45) is 0.902. The minimum Gasteiger partial charge on any atom is -0.334 e. The van der Waals surface area contributed by atoms with Gasteiger partial charge in [-0.3, -0.25) is 4.79 Å². The summed E-state index contributed by atoms with van der Waals surface area (Å²) in [5.41, 5.74) is 0.892. The molecule has 0 aliphatic carbocycles. The van der Waals surface area contributed by atoms with Crippen LogP contribution in [0.5, 0.6) is 0 Å². The average Bonchev–Trinajstić information content (AvgIpc) is 2.72. The summed E-state index contributed by atoms with van der Waals surface area (Å²) in [4.78, 5) is 13.9. The molecule has 98 valence electrons. The van der Waals surface area contributed by atoms with Gasteiger partial charge in [0.1, 0.15) is 5.82 Å². The van der Waals surface area contributed by atoms with Gasteiger partial charge in [0.25, 0.3) is 0 Å². The van der Waals surface area contributed by atoms with Crippen molar-refractivity contribution in [1.82, 2.24) is 10.2 Å². The molecule has 2 atom stereocenters. The Balaban J connectivity index is 2.21. The van der Waals surface area contributed by atoms with E-state index in [0.29, 0.717) is 12.5 Å². The van der Waals surface area contributed by atoms with Gasteiger partial charge in [0.15, 0.2) is 0 Å². The maximum absolute atomic E-state index is 13.3. The summed E-state index contributed by atoms with van der Waals surface area (Å²) in [7, 11) is 1.76. The molecule has 0 unspecified atom stereocenters. The van der Waals surface area contributed by atoms with E-state index in [0.717, 1.165) is 18.5 Å². The van der Waals surface area contributed by atoms with E-state index in [1.54, 1.807) is 13.1 Å². The Morgan fingerprint density at radius 3 is 3.00 bits per heavy atom. The van der Waals surface area contributed by atoms with E-state index in [-0.39, 0.29) is 17.8 Å². The van der Waals surface area contributed by atoms with Gasteiger partial charge in [0, 0.05) is 6.54 Å². The third kappa shape index (κ3) is 2.70. The highest BCUT2D eigenvalue weighted by molar-refractivity contribution is 5.79. The molecule has 0 spiro atoms. The van der Waals surface area contributed by atoms with Crippen LogP contribution in [0, 0.1) is 11.7 Å². The summed E-state index contributed by atoms with van der Waals surface area (Å²) < 4.78 is 13.3. The smallest absolute Gasteiger partial charge is 0.237 e. The van der Waals surface area contributed by atoms with Crippen molar-refractivity contribution in [1.29, 1.82) is 0 Å². The van der Waals surface area contributed by atoms with Gasteiger partial charge in [0.05, 0.1) is 12.6 Å². The SMILES string of the molecule is CNCC(=O)N1C[C@H](C)C[C@H]1c1cccc(F)c1. The molecule has 3 nitrogen and oxygen atoms in total. The Morgan fingerprint density at radius 2 is 2.33 bits per heavy atom. The zero-order valence-electron chi connectivity index (χ0n) is 10.8.